The van der Waals surface area contributed by atoms with E-state index in [1.165, 1.54) is 52.0 Å². The van der Waals surface area contributed by atoms with E-state index >= 15 is 0 Å². The second kappa shape index (κ2) is 11.3. The lowest BCUT2D eigenvalue weighted by atomic mass is 10.1. The summed E-state index contributed by atoms with van der Waals surface area (Å²) in [6.07, 6.45) is 1.44. The Kier molecular flexibility index (Phi) is 8.13. The summed E-state index contributed by atoms with van der Waals surface area (Å²) < 4.78 is 42.1. The van der Waals surface area contributed by atoms with E-state index in [1.807, 2.05) is 44.2 Å². The predicted octanol–water partition coefficient (Wildman–Crippen LogP) is 6.09. The molecule has 0 N–H and O–H groups in total. The first-order valence-electron chi connectivity index (χ1n) is 11.9. The number of rotatable bonds is 10. The number of carbonyl (C=O) groups is 1. The van der Waals surface area contributed by atoms with Gasteiger partial charge in [0.25, 0.3) is 5.91 Å². The topological polar surface area (TPSA) is 70.6 Å². The van der Waals surface area contributed by atoms with Crippen molar-refractivity contribution in [2.75, 3.05) is 18.0 Å². The number of thiazole rings is 1. The van der Waals surface area contributed by atoms with Gasteiger partial charge in [0.05, 0.1) is 21.7 Å². The number of nitrogens with zero attached hydrogens (tertiary/aromatic N) is 3. The molecule has 0 radical (unpaired) electrons. The summed E-state index contributed by atoms with van der Waals surface area (Å²) in [6.45, 7) is 5.04. The number of aromatic nitrogens is 1. The van der Waals surface area contributed by atoms with Crippen molar-refractivity contribution in [3.05, 3.63) is 89.7 Å². The van der Waals surface area contributed by atoms with Gasteiger partial charge in [0.2, 0.25) is 10.0 Å². The van der Waals surface area contributed by atoms with E-state index in [1.54, 1.807) is 11.0 Å². The van der Waals surface area contributed by atoms with E-state index < -0.39 is 10.0 Å². The summed E-state index contributed by atoms with van der Waals surface area (Å²) in [7, 11) is -3.65. The van der Waals surface area contributed by atoms with Crippen LogP contribution in [0.4, 0.5) is 9.52 Å². The van der Waals surface area contributed by atoms with Crippen LogP contribution in [-0.2, 0) is 16.6 Å². The highest BCUT2D eigenvalue weighted by molar-refractivity contribution is 7.89. The Morgan fingerprint density at radius 1 is 0.944 bits per heavy atom. The molecular formula is C27H28FN3O3S2. The lowest BCUT2D eigenvalue weighted by Gasteiger charge is -2.22. The van der Waals surface area contributed by atoms with Gasteiger partial charge in [-0.25, -0.2) is 17.8 Å². The summed E-state index contributed by atoms with van der Waals surface area (Å²) in [6, 6.07) is 19.9. The van der Waals surface area contributed by atoms with Gasteiger partial charge < -0.3 is 0 Å². The van der Waals surface area contributed by atoms with Gasteiger partial charge in [-0.05, 0) is 60.9 Å². The molecule has 0 bridgehead atoms. The molecule has 0 saturated heterocycles. The summed E-state index contributed by atoms with van der Waals surface area (Å²) in [4.78, 5) is 19.9. The molecule has 4 aromatic rings. The molecule has 4 rings (SSSR count). The molecule has 0 aliphatic heterocycles. The van der Waals surface area contributed by atoms with E-state index in [0.717, 1.165) is 18.4 Å². The summed E-state index contributed by atoms with van der Waals surface area (Å²) in [5.41, 5.74) is 1.86. The van der Waals surface area contributed by atoms with Crippen LogP contribution in [0.5, 0.6) is 0 Å². The van der Waals surface area contributed by atoms with Crippen molar-refractivity contribution in [1.82, 2.24) is 9.29 Å². The van der Waals surface area contributed by atoms with Crippen LogP contribution in [0.2, 0.25) is 0 Å². The monoisotopic (exact) mass is 525 g/mol. The van der Waals surface area contributed by atoms with E-state index in [9.17, 15) is 17.6 Å². The summed E-state index contributed by atoms with van der Waals surface area (Å²) in [5, 5.41) is 0.443. The number of sulfonamides is 1. The van der Waals surface area contributed by atoms with Crippen LogP contribution >= 0.6 is 11.3 Å². The lowest BCUT2D eigenvalue weighted by Crippen LogP contribution is -2.33. The van der Waals surface area contributed by atoms with Crippen LogP contribution in [0, 0.1) is 5.82 Å². The van der Waals surface area contributed by atoms with Crippen LogP contribution in [0.15, 0.2) is 77.7 Å². The van der Waals surface area contributed by atoms with E-state index in [2.05, 4.69) is 4.98 Å². The zero-order valence-corrected chi connectivity index (χ0v) is 21.9. The second-order valence-corrected chi connectivity index (χ2v) is 11.4. The molecule has 0 fully saturated rings. The molecule has 36 heavy (non-hydrogen) atoms. The zero-order valence-electron chi connectivity index (χ0n) is 20.2. The lowest BCUT2D eigenvalue weighted by molar-refractivity contribution is 0.0985. The fourth-order valence-electron chi connectivity index (χ4n) is 3.92. The normalized spacial score (nSPS) is 11.8. The molecule has 0 aliphatic carbocycles. The van der Waals surface area contributed by atoms with Gasteiger partial charge in [0.15, 0.2) is 5.13 Å². The van der Waals surface area contributed by atoms with Gasteiger partial charge >= 0.3 is 0 Å². The number of halogens is 1. The van der Waals surface area contributed by atoms with Crippen molar-refractivity contribution in [1.29, 1.82) is 0 Å². The maximum atomic E-state index is 13.8. The van der Waals surface area contributed by atoms with Gasteiger partial charge in [0, 0.05) is 18.7 Å². The molecular weight excluding hydrogens is 497 g/mol. The fraction of sp³-hybridized carbons (Fsp3) is 0.259. The number of hydrogen-bond acceptors (Lipinski definition) is 5. The molecule has 0 spiro atoms. The Bertz CT molecular complexity index is 1430. The number of hydrogen-bond donors (Lipinski definition) is 0. The third kappa shape index (κ3) is 5.64. The first-order valence-corrected chi connectivity index (χ1v) is 14.1. The molecule has 1 aromatic heterocycles. The van der Waals surface area contributed by atoms with Crippen LogP contribution in [-0.4, -0.2) is 36.7 Å². The highest BCUT2D eigenvalue weighted by Gasteiger charge is 2.25. The molecule has 1 heterocycles. The Balaban J connectivity index is 1.67. The van der Waals surface area contributed by atoms with Gasteiger partial charge in [0.1, 0.15) is 5.82 Å². The minimum atomic E-state index is -3.65. The smallest absolute Gasteiger partial charge is 0.260 e. The standard InChI is InChI=1S/C27H28FN3O3S2/c1-3-16-30(17-4-2)36(33,34)23-13-10-21(11-14-23)26(32)31(19-20-8-6-5-7-9-20)27-29-24-15-12-22(28)18-25(24)35-27/h5-15,18H,3-4,16-17,19H2,1-2H3. The summed E-state index contributed by atoms with van der Waals surface area (Å²) >= 11 is 1.24. The quantitative estimate of drug-likeness (QED) is 0.251. The van der Waals surface area contributed by atoms with Gasteiger partial charge in [-0.1, -0.05) is 55.5 Å². The van der Waals surface area contributed by atoms with Crippen molar-refractivity contribution >= 4 is 42.6 Å². The average molecular weight is 526 g/mol. The van der Waals surface area contributed by atoms with E-state index in [0.29, 0.717) is 34.0 Å². The average Bonchev–Trinajstić information content (AvgIpc) is 3.30. The molecule has 6 nitrogen and oxygen atoms in total. The highest BCUT2D eigenvalue weighted by Crippen LogP contribution is 2.31. The first kappa shape index (κ1) is 25.9. The molecule has 1 amide bonds. The van der Waals surface area contributed by atoms with Crippen molar-refractivity contribution < 1.29 is 17.6 Å². The van der Waals surface area contributed by atoms with E-state index in [4.69, 9.17) is 0 Å². The van der Waals surface area contributed by atoms with Gasteiger partial charge in [-0.2, -0.15) is 4.31 Å². The number of fused-ring (bicyclic) bond motifs is 1. The highest BCUT2D eigenvalue weighted by atomic mass is 32.2. The van der Waals surface area contributed by atoms with Crippen molar-refractivity contribution in [2.45, 2.75) is 38.1 Å². The number of benzene rings is 3. The third-order valence-electron chi connectivity index (χ3n) is 5.68. The van der Waals surface area contributed by atoms with Crippen LogP contribution in [0.3, 0.4) is 0 Å². The first-order chi connectivity index (χ1) is 17.3. The van der Waals surface area contributed by atoms with Crippen molar-refractivity contribution in [2.24, 2.45) is 0 Å². The molecule has 9 heteroatoms. The molecule has 3 aromatic carbocycles. The van der Waals surface area contributed by atoms with Crippen molar-refractivity contribution in [3.8, 4) is 0 Å². The second-order valence-electron chi connectivity index (χ2n) is 8.41. The number of carbonyl (C=O) groups excluding carboxylic acids is 1. The molecule has 188 valence electrons. The van der Waals surface area contributed by atoms with Crippen LogP contribution in [0.25, 0.3) is 10.2 Å². The molecule has 0 saturated carbocycles. The minimum Gasteiger partial charge on any atom is -0.279 e. The Morgan fingerprint density at radius 3 is 2.25 bits per heavy atom. The largest absolute Gasteiger partial charge is 0.279 e. The van der Waals surface area contributed by atoms with Crippen LogP contribution in [0.1, 0.15) is 42.6 Å². The zero-order chi connectivity index (χ0) is 25.7. The predicted molar refractivity (Wildman–Crippen MR) is 142 cm³/mol. The number of amides is 1. The minimum absolute atomic E-state index is 0.158. The Labute approximate surface area is 215 Å². The van der Waals surface area contributed by atoms with Crippen LogP contribution < -0.4 is 4.90 Å². The molecule has 0 aliphatic rings. The maximum absolute atomic E-state index is 13.8. The van der Waals surface area contributed by atoms with Gasteiger partial charge in [-0.3, -0.25) is 9.69 Å². The van der Waals surface area contributed by atoms with Crippen molar-refractivity contribution in [3.63, 3.8) is 0 Å². The van der Waals surface area contributed by atoms with E-state index in [-0.39, 0.29) is 23.2 Å². The fourth-order valence-corrected chi connectivity index (χ4v) is 6.53. The SMILES string of the molecule is CCCN(CCC)S(=O)(=O)c1ccc(C(=O)N(Cc2ccccc2)c2nc3ccc(F)cc3s2)cc1. The maximum Gasteiger partial charge on any atom is 0.260 e. The molecule has 0 unspecified atom stereocenters. The Morgan fingerprint density at radius 2 is 1.61 bits per heavy atom. The summed E-state index contributed by atoms with van der Waals surface area (Å²) in [5.74, 6) is -0.683. The number of anilines is 1. The Hall–Kier alpha value is -3.14. The third-order valence-corrected chi connectivity index (χ3v) is 8.64. The molecule has 0 atom stereocenters. The van der Waals surface area contributed by atoms with Gasteiger partial charge in [-0.15, -0.1) is 0 Å².